The molecule has 4 rings (SSSR count). The maximum absolute atomic E-state index is 12.6. The van der Waals surface area contributed by atoms with Gasteiger partial charge in [0, 0.05) is 18.0 Å². The van der Waals surface area contributed by atoms with Gasteiger partial charge in [0.15, 0.2) is 16.5 Å². The van der Waals surface area contributed by atoms with E-state index in [9.17, 15) is 18.4 Å². The van der Waals surface area contributed by atoms with Crippen molar-refractivity contribution in [3.05, 3.63) is 86.2 Å². The van der Waals surface area contributed by atoms with E-state index in [4.69, 9.17) is 10.0 Å². The number of nitrogens with zero attached hydrogens (tertiary/aromatic N) is 2. The number of rotatable bonds is 4. The maximum Gasteiger partial charge on any atom is 0.488 e. The van der Waals surface area contributed by atoms with Crippen molar-refractivity contribution in [3.63, 3.8) is 0 Å². The lowest BCUT2D eigenvalue weighted by Crippen LogP contribution is -2.29. The number of aromatic nitrogens is 2. The van der Waals surface area contributed by atoms with Gasteiger partial charge in [-0.1, -0.05) is 12.1 Å². The highest BCUT2D eigenvalue weighted by Crippen LogP contribution is 2.24. The first kappa shape index (κ1) is 25.6. The number of halogens is 3. The van der Waals surface area contributed by atoms with Gasteiger partial charge in [0.1, 0.15) is 16.6 Å². The Morgan fingerprint density at radius 1 is 0.812 bits per heavy atom. The monoisotopic (exact) mass is 538 g/mol. The molecule has 0 aliphatic carbocycles. The van der Waals surface area contributed by atoms with Crippen LogP contribution in [0.3, 0.4) is 0 Å². The van der Waals surface area contributed by atoms with Gasteiger partial charge >= 0.3 is 7.12 Å². The van der Waals surface area contributed by atoms with Gasteiger partial charge in [0.2, 0.25) is 0 Å². The summed E-state index contributed by atoms with van der Waals surface area (Å²) in [5.41, 5.74) is 1.12. The van der Waals surface area contributed by atoms with Crippen LogP contribution in [-0.4, -0.2) is 39.7 Å². The fourth-order valence-corrected chi connectivity index (χ4v) is 3.87. The zero-order valence-corrected chi connectivity index (χ0v) is 19.3. The topological polar surface area (TPSA) is 100 Å². The summed E-state index contributed by atoms with van der Waals surface area (Å²) < 4.78 is 25.5. The Bertz CT molecular complexity index is 1140. The van der Waals surface area contributed by atoms with Crippen molar-refractivity contribution in [2.24, 2.45) is 0 Å². The molecule has 6 nitrogen and oxygen atoms in total. The van der Waals surface area contributed by atoms with Crippen LogP contribution in [0.5, 0.6) is 0 Å². The highest BCUT2D eigenvalue weighted by molar-refractivity contribution is 9.11. The van der Waals surface area contributed by atoms with E-state index in [1.54, 1.807) is 12.1 Å². The minimum atomic E-state index is -1.51. The summed E-state index contributed by atoms with van der Waals surface area (Å²) in [7, 11) is -1.51. The second-order valence-corrected chi connectivity index (χ2v) is 9.15. The Morgan fingerprint density at radius 2 is 1.31 bits per heavy atom. The summed E-state index contributed by atoms with van der Waals surface area (Å²) in [6.07, 6.45) is 4.57. The Balaban J connectivity index is 0.000000178. The lowest BCUT2D eigenvalue weighted by molar-refractivity contribution is 0.111. The molecular weight excluding hydrogens is 525 g/mol. The van der Waals surface area contributed by atoms with E-state index in [-0.39, 0.29) is 11.6 Å². The largest absolute Gasteiger partial charge is 0.488 e. The summed E-state index contributed by atoms with van der Waals surface area (Å²) in [5.74, 6) is -0.662. The van der Waals surface area contributed by atoms with Gasteiger partial charge in [-0.3, -0.25) is 9.59 Å². The highest BCUT2D eigenvalue weighted by atomic mass is 79.9. The summed E-state index contributed by atoms with van der Waals surface area (Å²) in [4.78, 5) is 29.5. The van der Waals surface area contributed by atoms with Crippen LogP contribution >= 0.6 is 38.6 Å². The van der Waals surface area contributed by atoms with Gasteiger partial charge in [-0.2, -0.15) is 0 Å². The number of carbonyl (C=O) groups is 2. The molecular formula is C20H14BBrF2N2O4S2. The molecule has 0 radical (unpaired) electrons. The lowest BCUT2D eigenvalue weighted by Gasteiger charge is -1.95. The van der Waals surface area contributed by atoms with Crippen molar-refractivity contribution in [1.29, 1.82) is 0 Å². The molecule has 0 atom stereocenters. The quantitative estimate of drug-likeness (QED) is 0.301. The molecule has 2 aromatic heterocycles. The standard InChI is InChI=1S/C10H6FNOS.C6H6BFO2.C4H2BrNOS/c11-8-3-1-7(2-4-8)10-12-5-9(6-13)14-10;8-6-3-1-5(2-4-6)7(9)10;5-4-6-1-3(2-7)8-4/h1-6H;1-4,9-10H;1-2H. The summed E-state index contributed by atoms with van der Waals surface area (Å²) >= 11 is 5.74. The third kappa shape index (κ3) is 8.48. The summed E-state index contributed by atoms with van der Waals surface area (Å²) in [6, 6.07) is 11.0. The van der Waals surface area contributed by atoms with Gasteiger partial charge in [0.25, 0.3) is 0 Å². The van der Waals surface area contributed by atoms with Gasteiger partial charge in [0.05, 0.1) is 9.75 Å². The molecule has 0 aliphatic heterocycles. The predicted molar refractivity (Wildman–Crippen MR) is 124 cm³/mol. The average molecular weight is 539 g/mol. The van der Waals surface area contributed by atoms with E-state index >= 15 is 0 Å². The minimum absolute atomic E-state index is 0.277. The van der Waals surface area contributed by atoms with E-state index < -0.39 is 7.12 Å². The third-order valence-corrected chi connectivity index (χ3v) is 5.88. The van der Waals surface area contributed by atoms with E-state index in [0.29, 0.717) is 15.2 Å². The number of thiazole rings is 2. The van der Waals surface area contributed by atoms with Crippen LogP contribution in [0.25, 0.3) is 10.6 Å². The first-order chi connectivity index (χ1) is 15.3. The number of hydrogen-bond donors (Lipinski definition) is 2. The molecule has 0 aliphatic rings. The second kappa shape index (κ2) is 13.0. The molecule has 2 N–H and O–H groups in total. The fourth-order valence-electron chi connectivity index (χ4n) is 2.02. The van der Waals surface area contributed by atoms with Gasteiger partial charge < -0.3 is 10.0 Å². The Labute approximate surface area is 198 Å². The highest BCUT2D eigenvalue weighted by Gasteiger charge is 2.09. The zero-order valence-electron chi connectivity index (χ0n) is 16.1. The van der Waals surface area contributed by atoms with Crippen molar-refractivity contribution >= 4 is 63.8 Å². The molecule has 164 valence electrons. The molecule has 4 aromatic rings. The maximum atomic E-state index is 12.6. The first-order valence-electron chi connectivity index (χ1n) is 8.67. The molecule has 0 unspecified atom stereocenters. The Hall–Kier alpha value is -2.64. The first-order valence-corrected chi connectivity index (χ1v) is 11.1. The smallest absolute Gasteiger partial charge is 0.423 e. The molecule has 32 heavy (non-hydrogen) atoms. The molecule has 0 bridgehead atoms. The normalized spacial score (nSPS) is 9.66. The summed E-state index contributed by atoms with van der Waals surface area (Å²) in [5, 5.41) is 17.8. The Morgan fingerprint density at radius 3 is 1.72 bits per heavy atom. The van der Waals surface area contributed by atoms with E-state index in [1.165, 1.54) is 71.5 Å². The van der Waals surface area contributed by atoms with E-state index in [2.05, 4.69) is 25.9 Å². The van der Waals surface area contributed by atoms with E-state index in [0.717, 1.165) is 27.1 Å². The van der Waals surface area contributed by atoms with Crippen LogP contribution in [0, 0.1) is 11.6 Å². The SMILES string of the molecule is O=Cc1cnc(-c2ccc(F)cc2)s1.O=Cc1cnc(Br)s1.OB(O)c1ccc(F)cc1. The number of carbonyl (C=O) groups excluding carboxylic acids is 2. The molecule has 0 fully saturated rings. The molecule has 2 heterocycles. The summed E-state index contributed by atoms with van der Waals surface area (Å²) in [6.45, 7) is 0. The van der Waals surface area contributed by atoms with Crippen LogP contribution in [0.15, 0.2) is 64.8 Å². The van der Waals surface area contributed by atoms with Crippen LogP contribution in [-0.2, 0) is 0 Å². The van der Waals surface area contributed by atoms with Crippen LogP contribution in [0.4, 0.5) is 8.78 Å². The minimum Gasteiger partial charge on any atom is -0.423 e. The third-order valence-electron chi connectivity index (χ3n) is 3.51. The van der Waals surface area contributed by atoms with Crippen molar-refractivity contribution in [3.8, 4) is 10.6 Å². The Kier molecular flexibility index (Phi) is 10.4. The lowest BCUT2D eigenvalue weighted by atomic mass is 9.80. The van der Waals surface area contributed by atoms with Gasteiger partial charge in [-0.15, -0.1) is 22.7 Å². The molecule has 12 heteroatoms. The number of benzene rings is 2. The fraction of sp³-hybridized carbons (Fsp3) is 0. The van der Waals surface area contributed by atoms with Crippen LogP contribution < -0.4 is 5.46 Å². The van der Waals surface area contributed by atoms with Crippen LogP contribution in [0.1, 0.15) is 19.3 Å². The molecule has 0 saturated carbocycles. The van der Waals surface area contributed by atoms with E-state index in [1.807, 2.05) is 0 Å². The molecule has 0 saturated heterocycles. The molecule has 2 aromatic carbocycles. The van der Waals surface area contributed by atoms with Gasteiger partial charge in [-0.05, 0) is 57.8 Å². The van der Waals surface area contributed by atoms with Crippen molar-refractivity contribution < 1.29 is 28.4 Å². The second-order valence-electron chi connectivity index (χ2n) is 5.75. The van der Waals surface area contributed by atoms with Crippen molar-refractivity contribution in [2.45, 2.75) is 0 Å². The van der Waals surface area contributed by atoms with Crippen LogP contribution in [0.2, 0.25) is 0 Å². The van der Waals surface area contributed by atoms with Crippen molar-refractivity contribution in [2.75, 3.05) is 0 Å². The molecule has 0 spiro atoms. The average Bonchev–Trinajstić information content (AvgIpc) is 3.44. The predicted octanol–water partition coefficient (Wildman–Crippen LogP) is 3.99. The number of aldehydes is 2. The zero-order chi connectivity index (χ0) is 23.5. The van der Waals surface area contributed by atoms with Crippen molar-refractivity contribution in [1.82, 2.24) is 9.97 Å². The molecule has 0 amide bonds. The van der Waals surface area contributed by atoms with Gasteiger partial charge in [-0.25, -0.2) is 18.7 Å². The number of hydrogen-bond acceptors (Lipinski definition) is 8.